The summed E-state index contributed by atoms with van der Waals surface area (Å²) < 4.78 is 5.50. The maximum absolute atomic E-state index is 12.5. The summed E-state index contributed by atoms with van der Waals surface area (Å²) in [6.07, 6.45) is 71.1. The zero-order valence-corrected chi connectivity index (χ0v) is 46.8. The highest BCUT2D eigenvalue weighted by molar-refractivity contribution is 5.76. The fraction of sp³-hybridized carbons (Fsp3) is 0.937. The molecule has 1 amide bonds. The van der Waals surface area contributed by atoms with Gasteiger partial charge in [0.1, 0.15) is 0 Å². The van der Waals surface area contributed by atoms with Gasteiger partial charge in [-0.25, -0.2) is 0 Å². The fourth-order valence-corrected chi connectivity index (χ4v) is 9.99. The molecule has 0 fully saturated rings. The molecule has 0 spiro atoms. The minimum Gasteiger partial charge on any atom is -0.466 e. The summed E-state index contributed by atoms with van der Waals surface area (Å²) in [7, 11) is 0. The van der Waals surface area contributed by atoms with Crippen LogP contribution in [0.5, 0.6) is 0 Å². The summed E-state index contributed by atoms with van der Waals surface area (Å²) in [5.74, 6) is -0.0550. The first-order chi connectivity index (χ1) is 34.0. The lowest BCUT2D eigenvalue weighted by molar-refractivity contribution is -0.143. The molecule has 0 heterocycles. The van der Waals surface area contributed by atoms with Crippen molar-refractivity contribution in [2.45, 2.75) is 366 Å². The van der Waals surface area contributed by atoms with Gasteiger partial charge in [-0.3, -0.25) is 9.59 Å². The van der Waals surface area contributed by atoms with Crippen LogP contribution in [-0.2, 0) is 14.3 Å². The maximum atomic E-state index is 12.5. The Bertz CT molecular complexity index is 1030. The van der Waals surface area contributed by atoms with Crippen molar-refractivity contribution >= 4 is 11.9 Å². The largest absolute Gasteiger partial charge is 0.466 e. The van der Waals surface area contributed by atoms with Gasteiger partial charge in [-0.2, -0.15) is 0 Å². The van der Waals surface area contributed by atoms with Crippen molar-refractivity contribution in [1.82, 2.24) is 5.32 Å². The Morgan fingerprint density at radius 1 is 0.391 bits per heavy atom. The number of unbranched alkanes of at least 4 members (excludes halogenated alkanes) is 48. The van der Waals surface area contributed by atoms with E-state index in [0.717, 1.165) is 38.5 Å². The van der Waals surface area contributed by atoms with Gasteiger partial charge in [0.25, 0.3) is 0 Å². The number of nitrogens with one attached hydrogen (secondary N) is 1. The molecule has 0 aliphatic carbocycles. The lowest BCUT2D eigenvalue weighted by atomic mass is 10.0. The van der Waals surface area contributed by atoms with Gasteiger partial charge in [-0.05, 0) is 32.1 Å². The molecule has 69 heavy (non-hydrogen) atoms. The smallest absolute Gasteiger partial charge is 0.305 e. The minimum absolute atomic E-state index is 0.0130. The number of aliphatic hydroxyl groups is 2. The highest BCUT2D eigenvalue weighted by atomic mass is 16.5. The van der Waals surface area contributed by atoms with Crippen molar-refractivity contribution in [3.63, 3.8) is 0 Å². The first-order valence-electron chi connectivity index (χ1n) is 31.5. The van der Waals surface area contributed by atoms with Crippen molar-refractivity contribution in [2.75, 3.05) is 13.2 Å². The standard InChI is InChI=1S/C63H123NO5/c1-3-5-7-9-11-13-15-17-19-24-29-33-37-41-45-49-53-57-63(68)69-58-54-50-46-42-38-34-30-26-23-21-22-25-28-32-36-40-44-48-52-56-62(67)64-60(59-65)61(66)55-51-47-43-39-35-31-27-20-18-16-14-12-10-8-6-4-2/h51,55,60-61,65-66H,3-50,52-54,56-59H2,1-2H3,(H,64,67)/b55-51+. The third-order valence-electron chi connectivity index (χ3n) is 14.8. The Hall–Kier alpha value is -1.40. The molecule has 6 heteroatoms. The van der Waals surface area contributed by atoms with E-state index in [1.807, 2.05) is 6.08 Å². The van der Waals surface area contributed by atoms with E-state index in [4.69, 9.17) is 4.74 Å². The van der Waals surface area contributed by atoms with Crippen LogP contribution in [0.2, 0.25) is 0 Å². The number of ether oxygens (including phenoxy) is 1. The predicted octanol–water partition coefficient (Wildman–Crippen LogP) is 19.6. The number of carbonyl (C=O) groups is 2. The van der Waals surface area contributed by atoms with E-state index < -0.39 is 12.1 Å². The molecule has 0 bridgehead atoms. The van der Waals surface area contributed by atoms with E-state index in [0.29, 0.717) is 19.4 Å². The average Bonchev–Trinajstić information content (AvgIpc) is 3.35. The number of hydrogen-bond acceptors (Lipinski definition) is 5. The van der Waals surface area contributed by atoms with Crippen LogP contribution in [0.25, 0.3) is 0 Å². The van der Waals surface area contributed by atoms with Gasteiger partial charge in [-0.1, -0.05) is 321 Å². The lowest BCUT2D eigenvalue weighted by Gasteiger charge is -2.20. The quantitative estimate of drug-likeness (QED) is 0.0321. The van der Waals surface area contributed by atoms with Crippen LogP contribution in [0.1, 0.15) is 354 Å². The second kappa shape index (κ2) is 59.2. The molecule has 2 unspecified atom stereocenters. The van der Waals surface area contributed by atoms with Gasteiger partial charge < -0.3 is 20.3 Å². The third kappa shape index (κ3) is 55.8. The second-order valence-corrected chi connectivity index (χ2v) is 21.8. The monoisotopic (exact) mass is 974 g/mol. The molecular formula is C63H123NO5. The van der Waals surface area contributed by atoms with Crippen LogP contribution >= 0.6 is 0 Å². The summed E-state index contributed by atoms with van der Waals surface area (Å²) in [5, 5.41) is 23.1. The van der Waals surface area contributed by atoms with Crippen LogP contribution in [-0.4, -0.2) is 47.4 Å². The van der Waals surface area contributed by atoms with Crippen LogP contribution in [0, 0.1) is 0 Å². The third-order valence-corrected chi connectivity index (χ3v) is 14.8. The van der Waals surface area contributed by atoms with Crippen molar-refractivity contribution < 1.29 is 24.5 Å². The van der Waals surface area contributed by atoms with E-state index in [1.165, 1.54) is 289 Å². The van der Waals surface area contributed by atoms with Crippen molar-refractivity contribution in [3.05, 3.63) is 12.2 Å². The van der Waals surface area contributed by atoms with Gasteiger partial charge in [0.05, 0.1) is 25.4 Å². The number of aliphatic hydroxyl groups excluding tert-OH is 2. The van der Waals surface area contributed by atoms with Crippen LogP contribution in [0.3, 0.4) is 0 Å². The molecule has 0 aromatic heterocycles. The normalized spacial score (nSPS) is 12.6. The predicted molar refractivity (Wildman–Crippen MR) is 301 cm³/mol. The van der Waals surface area contributed by atoms with E-state index >= 15 is 0 Å². The van der Waals surface area contributed by atoms with Gasteiger partial charge >= 0.3 is 5.97 Å². The molecule has 0 saturated heterocycles. The van der Waals surface area contributed by atoms with Crippen LogP contribution in [0.4, 0.5) is 0 Å². The van der Waals surface area contributed by atoms with Crippen molar-refractivity contribution in [3.8, 4) is 0 Å². The van der Waals surface area contributed by atoms with Crippen molar-refractivity contribution in [2.24, 2.45) is 0 Å². The molecule has 0 saturated carbocycles. The van der Waals surface area contributed by atoms with Crippen LogP contribution < -0.4 is 5.32 Å². The number of carbonyl (C=O) groups excluding carboxylic acids is 2. The van der Waals surface area contributed by atoms with E-state index in [9.17, 15) is 19.8 Å². The number of hydrogen-bond donors (Lipinski definition) is 3. The molecule has 410 valence electrons. The SMILES string of the molecule is CCCCCCCCCCCCCCCC/C=C/C(O)C(CO)NC(=O)CCCCCCCCCCCCCCCCCCCCCOC(=O)CCCCCCCCCCCCCCCCCCC. The van der Waals surface area contributed by atoms with E-state index in [1.54, 1.807) is 6.08 Å². The molecule has 3 N–H and O–H groups in total. The molecule has 6 nitrogen and oxygen atoms in total. The number of amides is 1. The average molecular weight is 975 g/mol. The molecule has 0 rings (SSSR count). The zero-order valence-electron chi connectivity index (χ0n) is 46.8. The van der Waals surface area contributed by atoms with Gasteiger partial charge in [0, 0.05) is 12.8 Å². The lowest BCUT2D eigenvalue weighted by Crippen LogP contribution is -2.45. The first kappa shape index (κ1) is 67.6. The Morgan fingerprint density at radius 2 is 0.667 bits per heavy atom. The van der Waals surface area contributed by atoms with Crippen molar-refractivity contribution in [1.29, 1.82) is 0 Å². The maximum Gasteiger partial charge on any atom is 0.305 e. The highest BCUT2D eigenvalue weighted by Crippen LogP contribution is 2.18. The second-order valence-electron chi connectivity index (χ2n) is 21.8. The Balaban J connectivity index is 3.40. The Kier molecular flexibility index (Phi) is 58.0. The van der Waals surface area contributed by atoms with E-state index in [-0.39, 0.29) is 18.5 Å². The molecule has 0 aromatic rings. The molecule has 0 aliphatic heterocycles. The number of esters is 1. The Labute approximate surface area is 431 Å². The Morgan fingerprint density at radius 3 is 0.986 bits per heavy atom. The number of allylic oxidation sites excluding steroid dienone is 1. The van der Waals surface area contributed by atoms with E-state index in [2.05, 4.69) is 19.2 Å². The summed E-state index contributed by atoms with van der Waals surface area (Å²) >= 11 is 0. The minimum atomic E-state index is -0.845. The van der Waals surface area contributed by atoms with Gasteiger partial charge in [0.15, 0.2) is 0 Å². The molecule has 0 aromatic carbocycles. The molecule has 0 radical (unpaired) electrons. The summed E-state index contributed by atoms with van der Waals surface area (Å²) in [4.78, 5) is 24.6. The molecule has 0 aliphatic rings. The summed E-state index contributed by atoms with van der Waals surface area (Å²) in [6, 6.07) is -0.629. The summed E-state index contributed by atoms with van der Waals surface area (Å²) in [6.45, 7) is 4.93. The van der Waals surface area contributed by atoms with Gasteiger partial charge in [-0.15, -0.1) is 0 Å². The first-order valence-corrected chi connectivity index (χ1v) is 31.5. The molecule has 2 atom stereocenters. The van der Waals surface area contributed by atoms with Crippen LogP contribution in [0.15, 0.2) is 12.2 Å². The zero-order chi connectivity index (χ0) is 50.0. The topological polar surface area (TPSA) is 95.9 Å². The summed E-state index contributed by atoms with van der Waals surface area (Å²) in [5.41, 5.74) is 0. The molecular weight excluding hydrogens is 851 g/mol. The number of rotatable bonds is 59. The van der Waals surface area contributed by atoms with Gasteiger partial charge in [0.2, 0.25) is 5.91 Å². The highest BCUT2D eigenvalue weighted by Gasteiger charge is 2.18. The fourth-order valence-electron chi connectivity index (χ4n) is 9.99.